The minimum Gasteiger partial charge on any atom is -0.351 e. The molecule has 1 fully saturated rings. The van der Waals surface area contributed by atoms with Gasteiger partial charge in [-0.25, -0.2) is 9.97 Å². The molecule has 2 rings (SSSR count). The van der Waals surface area contributed by atoms with E-state index in [0.717, 1.165) is 38.8 Å². The SMILES string of the molecule is N#CSc1ncnc(N2CCCCCC2)c1[N+](=O)[O-]. The van der Waals surface area contributed by atoms with Crippen molar-refractivity contribution in [1.29, 1.82) is 5.26 Å². The molecule has 19 heavy (non-hydrogen) atoms. The zero-order valence-corrected chi connectivity index (χ0v) is 11.1. The Morgan fingerprint density at radius 2 is 2.00 bits per heavy atom. The third kappa shape index (κ3) is 3.12. The number of nitrogens with zero attached hydrogens (tertiary/aromatic N) is 5. The normalized spacial score (nSPS) is 15.6. The van der Waals surface area contributed by atoms with Crippen LogP contribution < -0.4 is 4.90 Å². The fourth-order valence-electron chi connectivity index (χ4n) is 2.15. The second-order valence-corrected chi connectivity index (χ2v) is 4.98. The lowest BCUT2D eigenvalue weighted by Crippen LogP contribution is -2.26. The van der Waals surface area contributed by atoms with E-state index in [9.17, 15) is 10.1 Å². The molecule has 8 heteroatoms. The van der Waals surface area contributed by atoms with Gasteiger partial charge in [-0.15, -0.1) is 0 Å². The van der Waals surface area contributed by atoms with E-state index in [0.29, 0.717) is 17.6 Å². The Bertz CT molecular complexity index is 508. The van der Waals surface area contributed by atoms with E-state index in [4.69, 9.17) is 5.26 Å². The van der Waals surface area contributed by atoms with Crippen molar-refractivity contribution < 1.29 is 4.92 Å². The first-order valence-corrected chi connectivity index (χ1v) is 6.86. The molecule has 0 atom stereocenters. The fraction of sp³-hybridized carbons (Fsp3) is 0.545. The van der Waals surface area contributed by atoms with Crippen molar-refractivity contribution in [2.24, 2.45) is 0 Å². The number of thiocyanates is 1. The highest BCUT2D eigenvalue weighted by Gasteiger charge is 2.27. The van der Waals surface area contributed by atoms with Gasteiger partial charge in [0.25, 0.3) is 0 Å². The molecule has 0 amide bonds. The van der Waals surface area contributed by atoms with E-state index in [1.54, 1.807) is 0 Å². The molecule has 0 N–H and O–H groups in total. The van der Waals surface area contributed by atoms with Crippen LogP contribution in [-0.2, 0) is 0 Å². The van der Waals surface area contributed by atoms with E-state index in [-0.39, 0.29) is 10.7 Å². The first-order chi connectivity index (χ1) is 9.24. The van der Waals surface area contributed by atoms with Crippen LogP contribution in [0, 0.1) is 20.8 Å². The van der Waals surface area contributed by atoms with Gasteiger partial charge in [-0.2, -0.15) is 5.26 Å². The Morgan fingerprint density at radius 1 is 1.32 bits per heavy atom. The van der Waals surface area contributed by atoms with Gasteiger partial charge in [0.15, 0.2) is 5.03 Å². The predicted molar refractivity (Wildman–Crippen MR) is 70.8 cm³/mol. The predicted octanol–water partition coefficient (Wildman–Crippen LogP) is 2.34. The molecule has 100 valence electrons. The van der Waals surface area contributed by atoms with Crippen molar-refractivity contribution in [2.45, 2.75) is 30.7 Å². The Morgan fingerprint density at radius 3 is 2.58 bits per heavy atom. The van der Waals surface area contributed by atoms with E-state index in [1.807, 2.05) is 10.3 Å². The maximum absolute atomic E-state index is 11.2. The molecule has 0 aromatic carbocycles. The third-order valence-corrected chi connectivity index (χ3v) is 3.58. The average molecular weight is 279 g/mol. The zero-order valence-electron chi connectivity index (χ0n) is 10.3. The van der Waals surface area contributed by atoms with Gasteiger partial charge in [0.2, 0.25) is 5.82 Å². The van der Waals surface area contributed by atoms with Gasteiger partial charge in [-0.3, -0.25) is 10.1 Å². The summed E-state index contributed by atoms with van der Waals surface area (Å²) in [4.78, 5) is 20.5. The minimum absolute atomic E-state index is 0.113. The summed E-state index contributed by atoms with van der Waals surface area (Å²) in [6.45, 7) is 1.52. The molecule has 0 radical (unpaired) electrons. The van der Waals surface area contributed by atoms with Crippen LogP contribution in [-0.4, -0.2) is 28.0 Å². The highest BCUT2D eigenvalue weighted by molar-refractivity contribution is 8.03. The highest BCUT2D eigenvalue weighted by Crippen LogP contribution is 2.34. The number of thioether (sulfide) groups is 1. The number of aromatic nitrogens is 2. The molecule has 0 aliphatic carbocycles. The lowest BCUT2D eigenvalue weighted by molar-refractivity contribution is -0.387. The molecule has 0 spiro atoms. The van der Waals surface area contributed by atoms with Crippen LogP contribution in [0.5, 0.6) is 0 Å². The second-order valence-electron chi connectivity index (χ2n) is 4.20. The van der Waals surface area contributed by atoms with Gasteiger partial charge in [0, 0.05) is 24.9 Å². The smallest absolute Gasteiger partial charge is 0.344 e. The lowest BCUT2D eigenvalue weighted by atomic mass is 10.2. The summed E-state index contributed by atoms with van der Waals surface area (Å²) in [7, 11) is 0. The number of anilines is 1. The van der Waals surface area contributed by atoms with Gasteiger partial charge < -0.3 is 4.90 Å². The topological polar surface area (TPSA) is 96.0 Å². The Hall–Kier alpha value is -1.88. The second kappa shape index (κ2) is 6.33. The first kappa shape index (κ1) is 13.5. The molecular formula is C11H13N5O2S. The quantitative estimate of drug-likeness (QED) is 0.275. The zero-order chi connectivity index (χ0) is 13.7. The summed E-state index contributed by atoms with van der Waals surface area (Å²) in [6.07, 6.45) is 5.56. The van der Waals surface area contributed by atoms with E-state index in [2.05, 4.69) is 9.97 Å². The summed E-state index contributed by atoms with van der Waals surface area (Å²) in [6, 6.07) is 0. The molecule has 7 nitrogen and oxygen atoms in total. The number of nitro groups is 1. The van der Waals surface area contributed by atoms with Crippen molar-refractivity contribution in [3.63, 3.8) is 0 Å². The summed E-state index contributed by atoms with van der Waals surface area (Å²) in [5.74, 6) is 0.333. The van der Waals surface area contributed by atoms with Crippen molar-refractivity contribution in [2.75, 3.05) is 18.0 Å². The molecule has 1 saturated heterocycles. The standard InChI is InChI=1S/C11H13N5O2S/c12-7-19-11-9(16(17)18)10(13-8-14-11)15-5-3-1-2-4-6-15/h8H,1-6H2. The van der Waals surface area contributed by atoms with E-state index >= 15 is 0 Å². The Kier molecular flexibility index (Phi) is 4.52. The molecule has 1 aromatic rings. The van der Waals surface area contributed by atoms with Crippen LogP contribution in [0.2, 0.25) is 0 Å². The van der Waals surface area contributed by atoms with Gasteiger partial charge in [-0.1, -0.05) is 12.8 Å². The van der Waals surface area contributed by atoms with E-state index < -0.39 is 4.92 Å². The molecule has 1 aliphatic heterocycles. The molecule has 1 aromatic heterocycles. The number of nitriles is 1. The minimum atomic E-state index is -0.500. The average Bonchev–Trinajstić information content (AvgIpc) is 2.67. The molecular weight excluding hydrogens is 266 g/mol. The van der Waals surface area contributed by atoms with Gasteiger partial charge >= 0.3 is 5.69 Å². The van der Waals surface area contributed by atoms with Gasteiger partial charge in [-0.05, 0) is 12.8 Å². The van der Waals surface area contributed by atoms with Gasteiger partial charge in [0.05, 0.1) is 4.92 Å². The molecule has 0 saturated carbocycles. The fourth-order valence-corrected chi connectivity index (χ4v) is 2.59. The summed E-state index contributed by atoms with van der Waals surface area (Å²) >= 11 is 0.700. The van der Waals surface area contributed by atoms with Crippen LogP contribution in [0.3, 0.4) is 0 Å². The van der Waals surface area contributed by atoms with Crippen LogP contribution in [0.25, 0.3) is 0 Å². The number of rotatable bonds is 3. The maximum Gasteiger partial charge on any atom is 0.344 e. The molecule has 0 bridgehead atoms. The first-order valence-electron chi connectivity index (χ1n) is 6.04. The third-order valence-electron chi connectivity index (χ3n) is 3.00. The van der Waals surface area contributed by atoms with Gasteiger partial charge in [0.1, 0.15) is 11.7 Å². The number of hydrogen-bond donors (Lipinski definition) is 0. The van der Waals surface area contributed by atoms with Crippen molar-refractivity contribution in [1.82, 2.24) is 9.97 Å². The highest BCUT2D eigenvalue weighted by atomic mass is 32.2. The van der Waals surface area contributed by atoms with Crippen LogP contribution in [0.4, 0.5) is 11.5 Å². The maximum atomic E-state index is 11.2. The number of hydrogen-bond acceptors (Lipinski definition) is 7. The molecule has 0 unspecified atom stereocenters. The monoisotopic (exact) mass is 279 g/mol. The summed E-state index contributed by atoms with van der Waals surface area (Å²) in [5, 5.41) is 21.8. The largest absolute Gasteiger partial charge is 0.351 e. The summed E-state index contributed by atoms with van der Waals surface area (Å²) < 4.78 is 0. The molecule has 1 aliphatic rings. The van der Waals surface area contributed by atoms with Crippen molar-refractivity contribution in [3.8, 4) is 5.40 Å². The van der Waals surface area contributed by atoms with Crippen LogP contribution in [0.1, 0.15) is 25.7 Å². The summed E-state index contributed by atoms with van der Waals surface area (Å²) in [5.41, 5.74) is -0.157. The van der Waals surface area contributed by atoms with Crippen LogP contribution >= 0.6 is 11.8 Å². The van der Waals surface area contributed by atoms with Crippen molar-refractivity contribution in [3.05, 3.63) is 16.4 Å². The van der Waals surface area contributed by atoms with E-state index in [1.165, 1.54) is 6.33 Å². The lowest BCUT2D eigenvalue weighted by Gasteiger charge is -2.20. The Balaban J connectivity index is 2.40. The van der Waals surface area contributed by atoms with Crippen LogP contribution in [0.15, 0.2) is 11.4 Å². The van der Waals surface area contributed by atoms with Crippen molar-refractivity contribution >= 4 is 23.3 Å². The Labute approximate surface area is 114 Å². The molecule has 2 heterocycles.